The normalized spacial score (nSPS) is 31.5. The maximum absolute atomic E-state index is 12.6. The number of phenols is 3. The van der Waals surface area contributed by atoms with E-state index in [0.29, 0.717) is 0 Å². The SMILES string of the molecule is O=C1c2c(O)cc(O)cc2OC(c2ccc(O)c(OC3OC(CO)C(O)C(O)C3O)c2)C1O. The molecule has 12 heteroatoms. The molecule has 2 aliphatic heterocycles. The Labute approximate surface area is 186 Å². The largest absolute Gasteiger partial charge is 0.508 e. The average molecular weight is 466 g/mol. The van der Waals surface area contributed by atoms with Crippen LogP contribution < -0.4 is 9.47 Å². The fraction of sp³-hybridized carbons (Fsp3) is 0.381. The Morgan fingerprint density at radius 1 is 0.909 bits per heavy atom. The van der Waals surface area contributed by atoms with Crippen LogP contribution in [0.3, 0.4) is 0 Å². The number of benzene rings is 2. The van der Waals surface area contributed by atoms with Crippen molar-refractivity contribution < 1.29 is 59.9 Å². The third-order valence-corrected chi connectivity index (χ3v) is 5.53. The number of carbonyl (C=O) groups excluding carboxylic acids is 1. The van der Waals surface area contributed by atoms with Gasteiger partial charge in [-0.2, -0.15) is 0 Å². The molecule has 0 spiro atoms. The van der Waals surface area contributed by atoms with Gasteiger partial charge >= 0.3 is 0 Å². The first-order valence-corrected chi connectivity index (χ1v) is 9.87. The second-order valence-electron chi connectivity index (χ2n) is 7.73. The Hall–Kier alpha value is -3.13. The third kappa shape index (κ3) is 4.04. The number of carbonyl (C=O) groups is 1. The van der Waals surface area contributed by atoms with Crippen molar-refractivity contribution in [2.75, 3.05) is 6.61 Å². The highest BCUT2D eigenvalue weighted by Gasteiger charge is 2.45. The Bertz CT molecular complexity index is 1050. The number of hydrogen-bond acceptors (Lipinski definition) is 12. The van der Waals surface area contributed by atoms with Gasteiger partial charge in [0.25, 0.3) is 0 Å². The Morgan fingerprint density at radius 2 is 1.64 bits per heavy atom. The standard InChI is InChI=1S/C21H22O12/c22-6-13-15(26)17(28)19(30)21(33-13)32-11-3-7(1-2-9(11)24)20-18(29)16(27)14-10(25)4-8(23)5-12(14)31-20/h1-5,13,15,17-26,28-30H,6H2. The number of phenolic OH excluding ortho intramolecular Hbond substituents is 3. The van der Waals surface area contributed by atoms with E-state index in [0.717, 1.165) is 18.2 Å². The van der Waals surface area contributed by atoms with E-state index in [4.69, 9.17) is 14.2 Å². The van der Waals surface area contributed by atoms with E-state index in [1.807, 2.05) is 0 Å². The van der Waals surface area contributed by atoms with Crippen molar-refractivity contribution in [1.82, 2.24) is 0 Å². The summed E-state index contributed by atoms with van der Waals surface area (Å²) in [6.07, 6.45) is -10.9. The van der Waals surface area contributed by atoms with Crippen LogP contribution in [0.15, 0.2) is 30.3 Å². The van der Waals surface area contributed by atoms with Crippen LogP contribution in [0.4, 0.5) is 0 Å². The molecule has 7 atom stereocenters. The van der Waals surface area contributed by atoms with Crippen LogP contribution >= 0.6 is 0 Å². The van der Waals surface area contributed by atoms with Crippen molar-refractivity contribution in [3.8, 4) is 28.7 Å². The third-order valence-electron chi connectivity index (χ3n) is 5.53. The molecule has 0 aliphatic carbocycles. The summed E-state index contributed by atoms with van der Waals surface area (Å²) in [4.78, 5) is 12.6. The molecular weight excluding hydrogens is 444 g/mol. The lowest BCUT2D eigenvalue weighted by atomic mass is 9.92. The first kappa shape index (κ1) is 23.0. The highest BCUT2D eigenvalue weighted by atomic mass is 16.7. The van der Waals surface area contributed by atoms with Crippen molar-refractivity contribution in [3.63, 3.8) is 0 Å². The van der Waals surface area contributed by atoms with Gasteiger partial charge in [0.05, 0.1) is 6.61 Å². The minimum Gasteiger partial charge on any atom is -0.508 e. The van der Waals surface area contributed by atoms with Crippen LogP contribution in [0.1, 0.15) is 22.0 Å². The van der Waals surface area contributed by atoms with Crippen LogP contribution in [0.5, 0.6) is 28.7 Å². The van der Waals surface area contributed by atoms with E-state index in [1.165, 1.54) is 12.1 Å². The van der Waals surface area contributed by atoms with Gasteiger partial charge in [-0.1, -0.05) is 6.07 Å². The fourth-order valence-electron chi connectivity index (χ4n) is 3.76. The van der Waals surface area contributed by atoms with Crippen molar-refractivity contribution in [2.45, 2.75) is 42.9 Å². The van der Waals surface area contributed by atoms with Gasteiger partial charge in [-0.3, -0.25) is 4.79 Å². The molecule has 4 rings (SSSR count). The zero-order valence-electron chi connectivity index (χ0n) is 16.8. The van der Waals surface area contributed by atoms with Crippen LogP contribution in [-0.4, -0.2) is 90.1 Å². The number of aliphatic hydroxyl groups is 5. The molecule has 33 heavy (non-hydrogen) atoms. The molecule has 0 amide bonds. The lowest BCUT2D eigenvalue weighted by Gasteiger charge is -2.39. The van der Waals surface area contributed by atoms with Gasteiger partial charge in [-0.15, -0.1) is 0 Å². The summed E-state index contributed by atoms with van der Waals surface area (Å²) < 4.78 is 16.3. The average Bonchev–Trinajstić information content (AvgIpc) is 2.77. The van der Waals surface area contributed by atoms with Gasteiger partial charge in [0.1, 0.15) is 47.2 Å². The molecule has 12 nitrogen and oxygen atoms in total. The zero-order valence-corrected chi connectivity index (χ0v) is 16.8. The Balaban J connectivity index is 1.63. The van der Waals surface area contributed by atoms with Crippen molar-refractivity contribution >= 4 is 5.78 Å². The number of aromatic hydroxyl groups is 3. The summed E-state index contributed by atoms with van der Waals surface area (Å²) in [6.45, 7) is -0.680. The molecule has 8 N–H and O–H groups in total. The van der Waals surface area contributed by atoms with Gasteiger partial charge in [0.2, 0.25) is 12.1 Å². The molecule has 2 aromatic rings. The molecule has 1 saturated heterocycles. The number of rotatable bonds is 4. The smallest absolute Gasteiger partial charge is 0.229 e. The van der Waals surface area contributed by atoms with Crippen molar-refractivity contribution in [1.29, 1.82) is 0 Å². The predicted octanol–water partition coefficient (Wildman–Crippen LogP) is -1.34. The van der Waals surface area contributed by atoms with Crippen LogP contribution in [-0.2, 0) is 4.74 Å². The summed E-state index contributed by atoms with van der Waals surface area (Å²) in [5.41, 5.74) is -0.158. The second kappa shape index (κ2) is 8.67. The number of Topliss-reactive ketones (excluding diaryl/α,β-unsaturated/α-hetero) is 1. The van der Waals surface area contributed by atoms with E-state index in [2.05, 4.69) is 0 Å². The maximum atomic E-state index is 12.6. The molecule has 7 unspecified atom stereocenters. The van der Waals surface area contributed by atoms with E-state index >= 15 is 0 Å². The van der Waals surface area contributed by atoms with Gasteiger partial charge in [-0.25, -0.2) is 0 Å². The van der Waals surface area contributed by atoms with Crippen LogP contribution in [0.25, 0.3) is 0 Å². The molecule has 0 radical (unpaired) electrons. The number of ether oxygens (including phenoxy) is 3. The Morgan fingerprint density at radius 3 is 2.33 bits per heavy atom. The summed E-state index contributed by atoms with van der Waals surface area (Å²) >= 11 is 0. The summed E-state index contributed by atoms with van der Waals surface area (Å²) in [7, 11) is 0. The van der Waals surface area contributed by atoms with Gasteiger partial charge in [0.15, 0.2) is 23.7 Å². The second-order valence-corrected chi connectivity index (χ2v) is 7.73. The molecule has 0 bridgehead atoms. The zero-order chi connectivity index (χ0) is 24.0. The predicted molar refractivity (Wildman–Crippen MR) is 106 cm³/mol. The molecule has 2 aromatic carbocycles. The molecule has 2 aliphatic rings. The number of aliphatic hydroxyl groups excluding tert-OH is 5. The molecule has 0 saturated carbocycles. The van der Waals surface area contributed by atoms with Gasteiger partial charge in [-0.05, 0) is 17.7 Å². The lowest BCUT2D eigenvalue weighted by molar-refractivity contribution is -0.277. The topological polar surface area (TPSA) is 207 Å². The number of ketones is 1. The maximum Gasteiger partial charge on any atom is 0.229 e. The monoisotopic (exact) mass is 466 g/mol. The van der Waals surface area contributed by atoms with Gasteiger partial charge < -0.3 is 55.1 Å². The summed E-state index contributed by atoms with van der Waals surface area (Å²) in [5.74, 6) is -2.68. The number of hydrogen-bond donors (Lipinski definition) is 8. The molecular formula is C21H22O12. The van der Waals surface area contributed by atoms with E-state index < -0.39 is 66.8 Å². The highest BCUT2D eigenvalue weighted by molar-refractivity contribution is 6.05. The quantitative estimate of drug-likeness (QED) is 0.263. The summed E-state index contributed by atoms with van der Waals surface area (Å²) in [5, 5.41) is 79.5. The summed E-state index contributed by atoms with van der Waals surface area (Å²) in [6, 6.07) is 5.69. The first-order chi connectivity index (χ1) is 15.6. The lowest BCUT2D eigenvalue weighted by Crippen LogP contribution is -2.60. The molecule has 2 heterocycles. The minimum absolute atomic E-state index is 0.140. The minimum atomic E-state index is -1.75. The first-order valence-electron chi connectivity index (χ1n) is 9.87. The van der Waals surface area contributed by atoms with E-state index in [1.54, 1.807) is 0 Å². The van der Waals surface area contributed by atoms with Crippen LogP contribution in [0.2, 0.25) is 0 Å². The van der Waals surface area contributed by atoms with Crippen molar-refractivity contribution in [2.24, 2.45) is 0 Å². The Kier molecular flexibility index (Phi) is 6.05. The molecule has 1 fully saturated rings. The highest BCUT2D eigenvalue weighted by Crippen LogP contribution is 2.43. The molecule has 178 valence electrons. The van der Waals surface area contributed by atoms with Gasteiger partial charge in [0, 0.05) is 12.1 Å². The molecule has 0 aromatic heterocycles. The van der Waals surface area contributed by atoms with E-state index in [-0.39, 0.29) is 28.4 Å². The van der Waals surface area contributed by atoms with Crippen molar-refractivity contribution in [3.05, 3.63) is 41.5 Å². The van der Waals surface area contributed by atoms with E-state index in [9.17, 15) is 45.6 Å². The fourth-order valence-corrected chi connectivity index (χ4v) is 3.76. The number of fused-ring (bicyclic) bond motifs is 1. The van der Waals surface area contributed by atoms with Crippen LogP contribution in [0, 0.1) is 0 Å².